The fourth-order valence-corrected chi connectivity index (χ4v) is 5.44. The molecule has 0 aromatic heterocycles. The molecular weight excluding hydrogens is 410 g/mol. The van der Waals surface area contributed by atoms with Gasteiger partial charge in [-0.15, -0.1) is 0 Å². The van der Waals surface area contributed by atoms with Crippen molar-refractivity contribution in [2.45, 2.75) is 44.7 Å². The zero-order chi connectivity index (χ0) is 22.4. The number of carbonyl (C=O) groups is 1. The number of benzene rings is 2. The first kappa shape index (κ1) is 23.4. The average molecular weight is 444 g/mol. The van der Waals surface area contributed by atoms with Gasteiger partial charge in [0.2, 0.25) is 15.9 Å². The molecule has 0 N–H and O–H groups in total. The molecule has 2 aromatic rings. The predicted octanol–water partition coefficient (Wildman–Crippen LogP) is 3.13. The van der Waals surface area contributed by atoms with Crippen molar-refractivity contribution in [3.63, 3.8) is 0 Å². The summed E-state index contributed by atoms with van der Waals surface area (Å²) in [6.07, 6.45) is 0.702. The third kappa shape index (κ3) is 5.73. The van der Waals surface area contributed by atoms with E-state index >= 15 is 0 Å². The van der Waals surface area contributed by atoms with Crippen molar-refractivity contribution < 1.29 is 13.2 Å². The average Bonchev–Trinajstić information content (AvgIpc) is 3.04. The molecule has 0 bridgehead atoms. The molecule has 1 aliphatic rings. The van der Waals surface area contributed by atoms with E-state index < -0.39 is 10.0 Å². The Morgan fingerprint density at radius 2 is 1.68 bits per heavy atom. The van der Waals surface area contributed by atoms with Crippen molar-refractivity contribution in [2.75, 3.05) is 32.7 Å². The lowest BCUT2D eigenvalue weighted by Crippen LogP contribution is -2.48. The Balaban J connectivity index is 1.65. The Morgan fingerprint density at radius 3 is 2.32 bits per heavy atom. The highest BCUT2D eigenvalue weighted by atomic mass is 32.2. The molecular formula is C24H33N3O3S. The highest BCUT2D eigenvalue weighted by molar-refractivity contribution is 7.89. The molecule has 0 unspecified atom stereocenters. The minimum Gasteiger partial charge on any atom is -0.337 e. The van der Waals surface area contributed by atoms with Gasteiger partial charge >= 0.3 is 0 Å². The first-order valence-corrected chi connectivity index (χ1v) is 12.4. The lowest BCUT2D eigenvalue weighted by Gasteiger charge is -2.31. The van der Waals surface area contributed by atoms with Gasteiger partial charge in [0.05, 0.1) is 10.9 Å². The Morgan fingerprint density at radius 1 is 1.00 bits per heavy atom. The van der Waals surface area contributed by atoms with Gasteiger partial charge in [-0.25, -0.2) is 8.42 Å². The van der Waals surface area contributed by atoms with Crippen molar-refractivity contribution in [1.29, 1.82) is 0 Å². The Bertz CT molecular complexity index is 961. The summed E-state index contributed by atoms with van der Waals surface area (Å²) >= 11 is 0. The molecule has 1 heterocycles. The van der Waals surface area contributed by atoms with E-state index in [1.807, 2.05) is 68.1 Å². The smallest absolute Gasteiger partial charge is 0.243 e. The monoisotopic (exact) mass is 443 g/mol. The maximum absolute atomic E-state index is 13.2. The van der Waals surface area contributed by atoms with E-state index in [-0.39, 0.29) is 11.9 Å². The van der Waals surface area contributed by atoms with Gasteiger partial charge in [-0.05, 0) is 44.9 Å². The van der Waals surface area contributed by atoms with Gasteiger partial charge in [-0.3, -0.25) is 9.69 Å². The second-order valence-corrected chi connectivity index (χ2v) is 10.1. The topological polar surface area (TPSA) is 60.9 Å². The lowest BCUT2D eigenvalue weighted by molar-refractivity contribution is -0.136. The second kappa shape index (κ2) is 10.4. The van der Waals surface area contributed by atoms with Crippen LogP contribution in [0.5, 0.6) is 0 Å². The predicted molar refractivity (Wildman–Crippen MR) is 123 cm³/mol. The van der Waals surface area contributed by atoms with Gasteiger partial charge in [0, 0.05) is 39.3 Å². The van der Waals surface area contributed by atoms with Crippen molar-refractivity contribution in [1.82, 2.24) is 14.1 Å². The summed E-state index contributed by atoms with van der Waals surface area (Å²) in [5.74, 6) is 0.0844. The molecule has 1 saturated heterocycles. The van der Waals surface area contributed by atoms with E-state index in [9.17, 15) is 13.2 Å². The highest BCUT2D eigenvalue weighted by Crippen LogP contribution is 2.19. The van der Waals surface area contributed by atoms with E-state index in [0.29, 0.717) is 50.6 Å². The molecule has 7 heteroatoms. The number of carbonyl (C=O) groups excluding carboxylic acids is 1. The molecule has 0 saturated carbocycles. The third-order valence-electron chi connectivity index (χ3n) is 5.96. The van der Waals surface area contributed by atoms with Crippen LogP contribution in [0.1, 0.15) is 31.4 Å². The van der Waals surface area contributed by atoms with Crippen molar-refractivity contribution in [2.24, 2.45) is 0 Å². The van der Waals surface area contributed by atoms with Crippen LogP contribution in [-0.4, -0.2) is 67.2 Å². The number of amides is 1. The minimum absolute atomic E-state index is 0.0844. The van der Waals surface area contributed by atoms with Gasteiger partial charge in [-0.1, -0.05) is 48.0 Å². The molecule has 168 valence electrons. The maximum Gasteiger partial charge on any atom is 0.243 e. The van der Waals surface area contributed by atoms with E-state index in [1.165, 1.54) is 0 Å². The quantitative estimate of drug-likeness (QED) is 0.660. The second-order valence-electron chi connectivity index (χ2n) is 8.12. The van der Waals surface area contributed by atoms with E-state index in [1.54, 1.807) is 16.4 Å². The Labute approximate surface area is 186 Å². The van der Waals surface area contributed by atoms with Gasteiger partial charge in [-0.2, -0.15) is 4.31 Å². The SMILES string of the molecule is CCN(Cc1ccccc1)C(=O)[C@@H](C)N1CCCN(S(=O)(=O)c2ccc(C)cc2)CC1. The van der Waals surface area contributed by atoms with Crippen LogP contribution >= 0.6 is 0 Å². The molecule has 2 aromatic carbocycles. The van der Waals surface area contributed by atoms with Gasteiger partial charge in [0.1, 0.15) is 0 Å². The zero-order valence-electron chi connectivity index (χ0n) is 18.7. The summed E-state index contributed by atoms with van der Waals surface area (Å²) in [6.45, 7) is 9.19. The summed E-state index contributed by atoms with van der Waals surface area (Å²) in [4.78, 5) is 17.5. The first-order valence-electron chi connectivity index (χ1n) is 11.0. The number of hydrogen-bond acceptors (Lipinski definition) is 4. The molecule has 0 radical (unpaired) electrons. The van der Waals surface area contributed by atoms with E-state index in [2.05, 4.69) is 4.90 Å². The standard InChI is InChI=1S/C24H33N3O3S/c1-4-25(19-22-9-6-5-7-10-22)24(28)21(3)26-15-8-16-27(18-17-26)31(29,30)23-13-11-20(2)12-14-23/h5-7,9-14,21H,4,8,15-19H2,1-3H3/t21-/m1/s1. The normalized spacial score (nSPS) is 17.1. The summed E-state index contributed by atoms with van der Waals surface area (Å²) in [5, 5.41) is 0. The molecule has 1 amide bonds. The van der Waals surface area contributed by atoms with Crippen molar-refractivity contribution >= 4 is 15.9 Å². The number of nitrogens with zero attached hydrogens (tertiary/aromatic N) is 3. The molecule has 3 rings (SSSR count). The zero-order valence-corrected chi connectivity index (χ0v) is 19.5. The van der Waals surface area contributed by atoms with Gasteiger partial charge in [0.25, 0.3) is 0 Å². The third-order valence-corrected chi connectivity index (χ3v) is 7.88. The van der Waals surface area contributed by atoms with Crippen LogP contribution in [0.3, 0.4) is 0 Å². The Hall–Kier alpha value is -2.22. The minimum atomic E-state index is -3.52. The summed E-state index contributed by atoms with van der Waals surface area (Å²) in [6, 6.07) is 16.7. The first-order chi connectivity index (χ1) is 14.8. The van der Waals surface area contributed by atoms with Crippen LogP contribution in [0.25, 0.3) is 0 Å². The van der Waals surface area contributed by atoms with E-state index in [4.69, 9.17) is 0 Å². The molecule has 0 aliphatic carbocycles. The largest absolute Gasteiger partial charge is 0.337 e. The molecule has 1 fully saturated rings. The van der Waals surface area contributed by atoms with Crippen molar-refractivity contribution in [3.05, 3.63) is 65.7 Å². The lowest BCUT2D eigenvalue weighted by atomic mass is 10.1. The van der Waals surface area contributed by atoms with Gasteiger partial charge in [0.15, 0.2) is 0 Å². The van der Waals surface area contributed by atoms with Crippen LogP contribution in [0.4, 0.5) is 0 Å². The van der Waals surface area contributed by atoms with Gasteiger partial charge < -0.3 is 4.90 Å². The van der Waals surface area contributed by atoms with Crippen LogP contribution in [0, 0.1) is 6.92 Å². The molecule has 31 heavy (non-hydrogen) atoms. The Kier molecular flexibility index (Phi) is 7.86. The van der Waals surface area contributed by atoms with Crippen LogP contribution in [0.2, 0.25) is 0 Å². The molecule has 1 aliphatic heterocycles. The summed E-state index contributed by atoms with van der Waals surface area (Å²) < 4.78 is 27.7. The summed E-state index contributed by atoms with van der Waals surface area (Å²) in [5.41, 5.74) is 2.14. The molecule has 1 atom stereocenters. The van der Waals surface area contributed by atoms with Crippen LogP contribution in [0.15, 0.2) is 59.5 Å². The number of hydrogen-bond donors (Lipinski definition) is 0. The molecule has 0 spiro atoms. The highest BCUT2D eigenvalue weighted by Gasteiger charge is 2.31. The number of sulfonamides is 1. The fourth-order valence-electron chi connectivity index (χ4n) is 3.97. The number of aryl methyl sites for hydroxylation is 1. The number of rotatable bonds is 7. The van der Waals surface area contributed by atoms with E-state index in [0.717, 1.165) is 11.1 Å². The van der Waals surface area contributed by atoms with Crippen LogP contribution in [-0.2, 0) is 21.4 Å². The summed E-state index contributed by atoms with van der Waals surface area (Å²) in [7, 11) is -3.52. The van der Waals surface area contributed by atoms with Crippen LogP contribution < -0.4 is 0 Å². The molecule has 6 nitrogen and oxygen atoms in total. The number of likely N-dealkylation sites (N-methyl/N-ethyl adjacent to an activating group) is 1. The van der Waals surface area contributed by atoms with Crippen molar-refractivity contribution in [3.8, 4) is 0 Å². The maximum atomic E-state index is 13.2. The fraction of sp³-hybridized carbons (Fsp3) is 0.458.